The number of nitrogens with one attached hydrogen (secondary N) is 2. The largest absolute Gasteiger partial charge is 0.381 e. The molecule has 0 saturated carbocycles. The second kappa shape index (κ2) is 6.05. The number of amides is 1. The summed E-state index contributed by atoms with van der Waals surface area (Å²) < 4.78 is 5.30. The maximum atomic E-state index is 12.3. The molecular weight excluding hydrogens is 270 g/mol. The van der Waals surface area contributed by atoms with Gasteiger partial charge in [-0.05, 0) is 24.8 Å². The van der Waals surface area contributed by atoms with Crippen LogP contribution >= 0.6 is 0 Å². The number of H-pyrrole nitrogens is 1. The van der Waals surface area contributed by atoms with Crippen LogP contribution in [0.3, 0.4) is 0 Å². The molecule has 0 bridgehead atoms. The number of carbonyl (C=O) groups is 1. The molecule has 21 heavy (non-hydrogen) atoms. The summed E-state index contributed by atoms with van der Waals surface area (Å²) in [6.45, 7) is 2.11. The molecule has 1 aliphatic heterocycles. The van der Waals surface area contributed by atoms with Gasteiger partial charge in [-0.15, -0.1) is 0 Å². The standard InChI is InChI=1S/C15H17N3O3/c19-14-12-4-2-1-3-11(12)13(17-18-14)15(20)16-9-10-5-7-21-8-6-10/h1-4,10H,5-9H2,(H,16,20)(H,18,19). The number of ether oxygens (including phenoxy) is 1. The molecule has 2 aromatic rings. The van der Waals surface area contributed by atoms with Crippen LogP contribution < -0.4 is 10.9 Å². The van der Waals surface area contributed by atoms with Crippen LogP contribution in [0.5, 0.6) is 0 Å². The molecule has 1 saturated heterocycles. The molecule has 1 amide bonds. The highest BCUT2D eigenvalue weighted by Crippen LogP contribution is 2.15. The summed E-state index contributed by atoms with van der Waals surface area (Å²) in [6.07, 6.45) is 1.92. The minimum absolute atomic E-state index is 0.256. The third-order valence-electron chi connectivity index (χ3n) is 3.80. The minimum atomic E-state index is -0.286. The molecule has 0 atom stereocenters. The summed E-state index contributed by atoms with van der Waals surface area (Å²) in [5, 5.41) is 10.2. The molecule has 0 aliphatic carbocycles. The lowest BCUT2D eigenvalue weighted by Crippen LogP contribution is -2.33. The summed E-state index contributed by atoms with van der Waals surface area (Å²) >= 11 is 0. The van der Waals surface area contributed by atoms with Gasteiger partial charge in [-0.3, -0.25) is 9.59 Å². The molecule has 1 aromatic carbocycles. The lowest BCUT2D eigenvalue weighted by atomic mass is 10.0. The molecular formula is C15H17N3O3. The molecule has 110 valence electrons. The highest BCUT2D eigenvalue weighted by Gasteiger charge is 2.17. The van der Waals surface area contributed by atoms with Gasteiger partial charge in [0.05, 0.1) is 5.39 Å². The summed E-state index contributed by atoms with van der Waals surface area (Å²) in [4.78, 5) is 24.0. The third kappa shape index (κ3) is 2.95. The second-order valence-corrected chi connectivity index (χ2v) is 5.21. The van der Waals surface area contributed by atoms with E-state index in [0.29, 0.717) is 23.2 Å². The van der Waals surface area contributed by atoms with Gasteiger partial charge < -0.3 is 10.1 Å². The van der Waals surface area contributed by atoms with Gasteiger partial charge in [-0.25, -0.2) is 5.10 Å². The van der Waals surface area contributed by atoms with Crippen LogP contribution in [0, 0.1) is 5.92 Å². The Hall–Kier alpha value is -2.21. The van der Waals surface area contributed by atoms with E-state index in [2.05, 4.69) is 15.5 Å². The van der Waals surface area contributed by atoms with Crippen LogP contribution in [-0.2, 0) is 4.74 Å². The first-order valence-electron chi connectivity index (χ1n) is 7.09. The number of hydrogen-bond acceptors (Lipinski definition) is 4. The maximum Gasteiger partial charge on any atom is 0.272 e. The van der Waals surface area contributed by atoms with Gasteiger partial charge in [0.25, 0.3) is 11.5 Å². The number of rotatable bonds is 3. The van der Waals surface area contributed by atoms with Crippen LogP contribution in [0.1, 0.15) is 23.3 Å². The van der Waals surface area contributed by atoms with Gasteiger partial charge >= 0.3 is 0 Å². The van der Waals surface area contributed by atoms with Crippen LogP contribution in [-0.4, -0.2) is 35.9 Å². The van der Waals surface area contributed by atoms with E-state index in [1.165, 1.54) is 0 Å². The van der Waals surface area contributed by atoms with Gasteiger partial charge in [-0.2, -0.15) is 5.10 Å². The van der Waals surface area contributed by atoms with Crippen molar-refractivity contribution in [2.75, 3.05) is 19.8 Å². The topological polar surface area (TPSA) is 84.1 Å². The Morgan fingerprint density at radius 2 is 2.00 bits per heavy atom. The molecule has 1 aromatic heterocycles. The lowest BCUT2D eigenvalue weighted by Gasteiger charge is -2.22. The number of aromatic amines is 1. The molecule has 6 nitrogen and oxygen atoms in total. The molecule has 0 spiro atoms. The van der Waals surface area contributed by atoms with Crippen molar-refractivity contribution in [1.29, 1.82) is 0 Å². The predicted octanol–water partition coefficient (Wildman–Crippen LogP) is 1.08. The summed E-state index contributed by atoms with van der Waals surface area (Å²) in [6, 6.07) is 6.98. The smallest absolute Gasteiger partial charge is 0.272 e. The quantitative estimate of drug-likeness (QED) is 0.884. The van der Waals surface area contributed by atoms with Crippen LogP contribution in [0.25, 0.3) is 10.8 Å². The second-order valence-electron chi connectivity index (χ2n) is 5.21. The van der Waals surface area contributed by atoms with Crippen LogP contribution in [0.2, 0.25) is 0 Å². The highest BCUT2D eigenvalue weighted by atomic mass is 16.5. The number of hydrogen-bond donors (Lipinski definition) is 2. The highest BCUT2D eigenvalue weighted by molar-refractivity contribution is 6.04. The SMILES string of the molecule is O=C(NCC1CCOCC1)c1n[nH]c(=O)c2ccccc12. The van der Waals surface area contributed by atoms with Crippen LogP contribution in [0.15, 0.2) is 29.1 Å². The van der Waals surface area contributed by atoms with E-state index >= 15 is 0 Å². The van der Waals surface area contributed by atoms with Crippen molar-refractivity contribution in [2.45, 2.75) is 12.8 Å². The van der Waals surface area contributed by atoms with Crippen molar-refractivity contribution in [3.05, 3.63) is 40.3 Å². The van der Waals surface area contributed by atoms with Gasteiger partial charge in [0.15, 0.2) is 5.69 Å². The Balaban J connectivity index is 1.78. The Kier molecular flexibility index (Phi) is 3.96. The zero-order valence-electron chi connectivity index (χ0n) is 11.6. The third-order valence-corrected chi connectivity index (χ3v) is 3.80. The molecule has 2 N–H and O–H groups in total. The first-order valence-corrected chi connectivity index (χ1v) is 7.09. The molecule has 1 aliphatic rings. The fourth-order valence-corrected chi connectivity index (χ4v) is 2.56. The molecule has 6 heteroatoms. The van der Waals surface area contributed by atoms with Crippen molar-refractivity contribution < 1.29 is 9.53 Å². The van der Waals surface area contributed by atoms with E-state index in [4.69, 9.17) is 4.74 Å². The Bertz CT molecular complexity index is 705. The number of carbonyl (C=O) groups excluding carboxylic acids is 1. The van der Waals surface area contributed by atoms with Crippen molar-refractivity contribution in [1.82, 2.24) is 15.5 Å². The van der Waals surface area contributed by atoms with E-state index < -0.39 is 0 Å². The average Bonchev–Trinajstić information content (AvgIpc) is 2.54. The number of aromatic nitrogens is 2. The maximum absolute atomic E-state index is 12.3. The molecule has 0 radical (unpaired) electrons. The monoisotopic (exact) mass is 287 g/mol. The first kappa shape index (κ1) is 13.8. The zero-order chi connectivity index (χ0) is 14.7. The lowest BCUT2D eigenvalue weighted by molar-refractivity contribution is 0.0642. The molecule has 1 fully saturated rings. The van der Waals surface area contributed by atoms with Crippen molar-refractivity contribution in [3.63, 3.8) is 0 Å². The summed E-state index contributed by atoms with van der Waals surface area (Å²) in [7, 11) is 0. The van der Waals surface area contributed by atoms with E-state index in [-0.39, 0.29) is 17.2 Å². The van der Waals surface area contributed by atoms with E-state index in [1.54, 1.807) is 24.3 Å². The fraction of sp³-hybridized carbons (Fsp3) is 0.400. The molecule has 0 unspecified atom stereocenters. The minimum Gasteiger partial charge on any atom is -0.381 e. The van der Waals surface area contributed by atoms with Gasteiger partial charge in [0.1, 0.15) is 0 Å². The number of fused-ring (bicyclic) bond motifs is 1. The Morgan fingerprint density at radius 3 is 2.76 bits per heavy atom. The fourth-order valence-electron chi connectivity index (χ4n) is 2.56. The van der Waals surface area contributed by atoms with Crippen LogP contribution in [0.4, 0.5) is 0 Å². The zero-order valence-corrected chi connectivity index (χ0v) is 11.6. The van der Waals surface area contributed by atoms with Crippen molar-refractivity contribution >= 4 is 16.7 Å². The molecule has 3 rings (SSSR count). The van der Waals surface area contributed by atoms with E-state index in [9.17, 15) is 9.59 Å². The first-order chi connectivity index (χ1) is 10.3. The normalized spacial score (nSPS) is 16.0. The summed E-state index contributed by atoms with van der Waals surface area (Å²) in [5.74, 6) is 0.186. The Labute approximate surface area is 121 Å². The summed E-state index contributed by atoms with van der Waals surface area (Å²) in [5.41, 5.74) is -0.0242. The van der Waals surface area contributed by atoms with Gasteiger partial charge in [-0.1, -0.05) is 18.2 Å². The van der Waals surface area contributed by atoms with E-state index in [1.807, 2.05) is 0 Å². The average molecular weight is 287 g/mol. The predicted molar refractivity (Wildman–Crippen MR) is 78.2 cm³/mol. The van der Waals surface area contributed by atoms with Crippen molar-refractivity contribution in [3.8, 4) is 0 Å². The van der Waals surface area contributed by atoms with E-state index in [0.717, 1.165) is 26.1 Å². The van der Waals surface area contributed by atoms with Gasteiger partial charge in [0.2, 0.25) is 0 Å². The number of nitrogens with zero attached hydrogens (tertiary/aromatic N) is 1. The van der Waals surface area contributed by atoms with Crippen molar-refractivity contribution in [2.24, 2.45) is 5.92 Å². The molecule has 2 heterocycles. The number of benzene rings is 1. The Morgan fingerprint density at radius 1 is 1.29 bits per heavy atom. The van der Waals surface area contributed by atoms with Gasteiger partial charge in [0, 0.05) is 25.1 Å².